The molecule has 0 aliphatic rings. The number of ether oxygens (including phenoxy) is 1. The van der Waals surface area contributed by atoms with Crippen LogP contribution in [0.5, 0.6) is 0 Å². The van der Waals surface area contributed by atoms with Gasteiger partial charge in [0, 0.05) is 19.7 Å². The average Bonchev–Trinajstić information content (AvgIpc) is 2.69. The van der Waals surface area contributed by atoms with E-state index in [1.54, 1.807) is 20.9 Å². The smallest absolute Gasteiger partial charge is 0.250 e. The number of hydrogen-bond acceptors (Lipinski definition) is 3. The lowest BCUT2D eigenvalue weighted by molar-refractivity contribution is -0.00127. The summed E-state index contributed by atoms with van der Waals surface area (Å²) in [5.74, 6) is 1.28. The minimum atomic E-state index is -2.58. The van der Waals surface area contributed by atoms with Gasteiger partial charge in [0.15, 0.2) is 5.90 Å². The molecular formula is C22H32F2N4O. The monoisotopic (exact) mass is 406 g/mol. The molecule has 0 heterocycles. The molecule has 29 heavy (non-hydrogen) atoms. The van der Waals surface area contributed by atoms with E-state index in [0.717, 1.165) is 24.4 Å². The van der Waals surface area contributed by atoms with Gasteiger partial charge < -0.3 is 15.4 Å². The van der Waals surface area contributed by atoms with Crippen LogP contribution >= 0.6 is 0 Å². The van der Waals surface area contributed by atoms with Crippen LogP contribution in [0.1, 0.15) is 40.5 Å². The molecule has 0 bridgehead atoms. The van der Waals surface area contributed by atoms with E-state index in [1.165, 1.54) is 6.92 Å². The van der Waals surface area contributed by atoms with E-state index in [4.69, 9.17) is 4.74 Å². The lowest BCUT2D eigenvalue weighted by atomic mass is 9.85. The Balaban J connectivity index is 2.86. The van der Waals surface area contributed by atoms with Crippen molar-refractivity contribution in [1.29, 1.82) is 0 Å². The Labute approximate surface area is 172 Å². The Morgan fingerprint density at radius 3 is 2.45 bits per heavy atom. The van der Waals surface area contributed by atoms with Gasteiger partial charge in [-0.1, -0.05) is 43.7 Å². The van der Waals surface area contributed by atoms with Crippen molar-refractivity contribution in [2.45, 2.75) is 47.0 Å². The van der Waals surface area contributed by atoms with Crippen LogP contribution in [0.3, 0.4) is 0 Å². The highest BCUT2D eigenvalue weighted by Crippen LogP contribution is 2.33. The molecule has 0 aliphatic heterocycles. The average molecular weight is 407 g/mol. The number of benzene rings is 1. The Morgan fingerprint density at radius 1 is 1.28 bits per heavy atom. The molecular weight excluding hydrogens is 374 g/mol. The molecule has 0 spiro atoms. The van der Waals surface area contributed by atoms with Gasteiger partial charge in [0.05, 0.1) is 5.41 Å². The molecule has 1 atom stereocenters. The highest BCUT2D eigenvalue weighted by molar-refractivity contribution is 5.93. The zero-order valence-corrected chi connectivity index (χ0v) is 17.9. The van der Waals surface area contributed by atoms with Gasteiger partial charge >= 0.3 is 0 Å². The number of halogens is 2. The first kappa shape index (κ1) is 24.3. The maximum Gasteiger partial charge on any atom is 0.250 e. The molecule has 0 fully saturated rings. The Kier molecular flexibility index (Phi) is 10.1. The van der Waals surface area contributed by atoms with Crippen LogP contribution in [0.15, 0.2) is 64.4 Å². The molecule has 5 nitrogen and oxygen atoms in total. The largest absolute Gasteiger partial charge is 0.480 e. The minimum Gasteiger partial charge on any atom is -0.480 e. The number of hydrogen-bond donors (Lipinski definition) is 2. The summed E-state index contributed by atoms with van der Waals surface area (Å²) in [7, 11) is 1.59. The summed E-state index contributed by atoms with van der Waals surface area (Å²) in [5.41, 5.74) is -0.155. The lowest BCUT2D eigenvalue weighted by Gasteiger charge is -2.28. The number of unbranched alkanes of at least 4 members (excludes halogenated alkanes) is 1. The van der Waals surface area contributed by atoms with E-state index in [2.05, 4.69) is 34.1 Å². The fourth-order valence-corrected chi connectivity index (χ4v) is 2.16. The van der Waals surface area contributed by atoms with Crippen molar-refractivity contribution < 1.29 is 13.5 Å². The fraction of sp³-hybridized carbons (Fsp3) is 0.455. The maximum atomic E-state index is 13.4. The van der Waals surface area contributed by atoms with Crippen molar-refractivity contribution in [2.24, 2.45) is 15.4 Å². The molecule has 1 unspecified atom stereocenters. The van der Waals surface area contributed by atoms with E-state index >= 15 is 0 Å². The van der Waals surface area contributed by atoms with Crippen LogP contribution in [0.2, 0.25) is 0 Å². The van der Waals surface area contributed by atoms with Gasteiger partial charge in [-0.05, 0) is 38.5 Å². The van der Waals surface area contributed by atoms with Crippen molar-refractivity contribution in [1.82, 2.24) is 5.32 Å². The molecule has 160 valence electrons. The first-order chi connectivity index (χ1) is 13.7. The number of nitrogens with zero attached hydrogens (tertiary/aromatic N) is 2. The number of alkyl halides is 2. The highest BCUT2D eigenvalue weighted by Gasteiger charge is 2.37. The van der Waals surface area contributed by atoms with Crippen LogP contribution in [-0.2, 0) is 4.74 Å². The van der Waals surface area contributed by atoms with Crippen LogP contribution in [0, 0.1) is 5.41 Å². The Bertz CT molecular complexity index is 744. The van der Waals surface area contributed by atoms with Crippen molar-refractivity contribution in [3.63, 3.8) is 0 Å². The number of aliphatic imine (C=N–C) groups is 2. The number of anilines is 1. The molecule has 1 aromatic rings. The van der Waals surface area contributed by atoms with Crippen LogP contribution in [0.25, 0.3) is 0 Å². The van der Waals surface area contributed by atoms with Crippen molar-refractivity contribution in [2.75, 3.05) is 19.0 Å². The predicted octanol–water partition coefficient (Wildman–Crippen LogP) is 5.60. The molecule has 0 amide bonds. The summed E-state index contributed by atoms with van der Waals surface area (Å²) in [6.07, 6.45) is 1.28. The van der Waals surface area contributed by atoms with E-state index in [1.807, 2.05) is 36.4 Å². The standard InChI is InChI=1S/C22H32F2N4O/c1-7-8-14-19(27-18-12-10-9-11-13-18)28-21(25-6)26-17(4)29-15-22(5,16(2)3)20(23)24/h9-14,20,27H,2,7-8,15H2,1,3-6H3,(H,25,28)/b19-14+,26-17?. The van der Waals surface area contributed by atoms with E-state index < -0.39 is 11.8 Å². The van der Waals surface area contributed by atoms with Crippen LogP contribution < -0.4 is 10.6 Å². The van der Waals surface area contributed by atoms with Crippen LogP contribution in [-0.4, -0.2) is 31.9 Å². The first-order valence-corrected chi connectivity index (χ1v) is 9.61. The van der Waals surface area contributed by atoms with Gasteiger partial charge in [-0.25, -0.2) is 8.78 Å². The fourth-order valence-electron chi connectivity index (χ4n) is 2.16. The summed E-state index contributed by atoms with van der Waals surface area (Å²) < 4.78 is 32.2. The van der Waals surface area contributed by atoms with Crippen molar-refractivity contribution in [3.05, 3.63) is 54.4 Å². The second-order valence-electron chi connectivity index (χ2n) is 6.99. The third-order valence-electron chi connectivity index (χ3n) is 4.45. The van der Waals surface area contributed by atoms with Gasteiger partial charge in [0.25, 0.3) is 6.43 Å². The normalized spacial score (nSPS) is 15.1. The number of allylic oxidation sites excluding steroid dienone is 1. The molecule has 0 radical (unpaired) electrons. The van der Waals surface area contributed by atoms with Crippen LogP contribution in [0.4, 0.5) is 14.5 Å². The zero-order chi connectivity index (χ0) is 21.9. The first-order valence-electron chi connectivity index (χ1n) is 9.61. The summed E-state index contributed by atoms with van der Waals surface area (Å²) in [6.45, 7) is 10.1. The molecule has 0 saturated carbocycles. The minimum absolute atomic E-state index is 0.215. The maximum absolute atomic E-state index is 13.4. The topological polar surface area (TPSA) is 58.0 Å². The summed E-state index contributed by atoms with van der Waals surface area (Å²) in [6, 6.07) is 9.71. The zero-order valence-electron chi connectivity index (χ0n) is 17.9. The van der Waals surface area contributed by atoms with E-state index in [-0.39, 0.29) is 12.5 Å². The number of nitrogens with one attached hydrogen (secondary N) is 2. The molecule has 7 heteroatoms. The van der Waals surface area contributed by atoms with Gasteiger partial charge in [-0.15, -0.1) is 0 Å². The van der Waals surface area contributed by atoms with Gasteiger partial charge in [0.2, 0.25) is 5.96 Å². The van der Waals surface area contributed by atoms with Gasteiger partial charge in [0.1, 0.15) is 12.4 Å². The summed E-state index contributed by atoms with van der Waals surface area (Å²) >= 11 is 0. The van der Waals surface area contributed by atoms with Gasteiger partial charge in [-0.3, -0.25) is 4.99 Å². The van der Waals surface area contributed by atoms with Gasteiger partial charge in [-0.2, -0.15) is 4.99 Å². The highest BCUT2D eigenvalue weighted by atomic mass is 19.3. The molecule has 2 N–H and O–H groups in total. The quantitative estimate of drug-likeness (QED) is 0.319. The summed E-state index contributed by atoms with van der Waals surface area (Å²) in [5, 5.41) is 6.41. The lowest BCUT2D eigenvalue weighted by Crippen LogP contribution is -2.33. The SMILES string of the molecule is C=C(C)C(C)(COC(C)=NC(=NC)N/C(=C/CCC)Nc1ccccc1)C(F)F. The molecule has 0 aliphatic carbocycles. The second-order valence-corrected chi connectivity index (χ2v) is 6.99. The third-order valence-corrected chi connectivity index (χ3v) is 4.45. The number of rotatable bonds is 9. The molecule has 0 saturated heterocycles. The number of para-hydroxylation sites is 1. The third kappa shape index (κ3) is 8.05. The Morgan fingerprint density at radius 2 is 1.93 bits per heavy atom. The molecule has 1 aromatic carbocycles. The van der Waals surface area contributed by atoms with E-state index in [9.17, 15) is 8.78 Å². The number of guanidine groups is 1. The predicted molar refractivity (Wildman–Crippen MR) is 118 cm³/mol. The van der Waals surface area contributed by atoms with Crippen molar-refractivity contribution in [3.8, 4) is 0 Å². The summed E-state index contributed by atoms with van der Waals surface area (Å²) in [4.78, 5) is 8.41. The van der Waals surface area contributed by atoms with Crippen molar-refractivity contribution >= 4 is 17.5 Å². The second kappa shape index (κ2) is 12.0. The van der Waals surface area contributed by atoms with E-state index in [0.29, 0.717) is 11.5 Å². The molecule has 1 rings (SSSR count). The Hall–Kier alpha value is -2.70. The molecule has 0 aromatic heterocycles.